The van der Waals surface area contributed by atoms with E-state index in [9.17, 15) is 87.8 Å². The number of rotatable bonds is 4. The monoisotopic (exact) mass is 980 g/mol. The summed E-state index contributed by atoms with van der Waals surface area (Å²) in [5.74, 6) is -64.4. The summed E-state index contributed by atoms with van der Waals surface area (Å²) in [5, 5.41) is 4.51. The minimum atomic E-state index is -6.88. The first-order valence-electron chi connectivity index (χ1n) is 16.2. The van der Waals surface area contributed by atoms with E-state index in [2.05, 4.69) is 24.5 Å². The van der Waals surface area contributed by atoms with Crippen molar-refractivity contribution in [1.82, 2.24) is 0 Å². The standard InChI is InChI=1S/2C12H6F10N.2C7H7.Zr/c2*13-7-8(14,15)10(17,18)12(21,22)11(19,20)9(7,16)23-6-4-2-1-3-5-6;2*1-7-5-3-2-4-6-7;/h2*1-5,7H;2*2-6H,1H2;/q4*-1;+4. The van der Waals surface area contributed by atoms with Crippen molar-refractivity contribution in [2.75, 3.05) is 0 Å². The van der Waals surface area contributed by atoms with E-state index in [-0.39, 0.29) is 26.2 Å². The summed E-state index contributed by atoms with van der Waals surface area (Å²) < 4.78 is 267. The number of hydrogen-bond donors (Lipinski definition) is 0. The zero-order valence-electron chi connectivity index (χ0n) is 30.1. The maximum atomic E-state index is 14.2. The molecule has 2 aliphatic carbocycles. The largest absolute Gasteiger partial charge is 4.00 e. The molecule has 23 heteroatoms. The first-order valence-corrected chi connectivity index (χ1v) is 16.2. The molecule has 4 aromatic rings. The third kappa shape index (κ3) is 8.99. The summed E-state index contributed by atoms with van der Waals surface area (Å²) in [7, 11) is 0. The summed E-state index contributed by atoms with van der Waals surface area (Å²) in [5.41, 5.74) is 0.327. The molecule has 2 aliphatic rings. The fourth-order valence-electron chi connectivity index (χ4n) is 4.96. The molecule has 61 heavy (non-hydrogen) atoms. The normalized spacial score (nSPS) is 27.5. The van der Waals surface area contributed by atoms with E-state index in [0.717, 1.165) is 35.4 Å². The van der Waals surface area contributed by atoms with Gasteiger partial charge in [0.1, 0.15) is 0 Å². The Labute approximate surface area is 352 Å². The van der Waals surface area contributed by atoms with Crippen LogP contribution in [-0.2, 0) is 26.2 Å². The number of benzene rings is 4. The zero-order valence-corrected chi connectivity index (χ0v) is 32.5. The number of para-hydroxylation sites is 2. The van der Waals surface area contributed by atoms with E-state index in [1.807, 2.05) is 60.7 Å². The van der Waals surface area contributed by atoms with Gasteiger partial charge in [0, 0.05) is 0 Å². The fourth-order valence-corrected chi connectivity index (χ4v) is 4.96. The first kappa shape index (κ1) is 52.8. The predicted octanol–water partition coefficient (Wildman–Crippen LogP) is 14.2. The SMILES string of the molecule is FC1C(F)(F)C(F)(F)C(F)(F)C(F)(F)C1(F)[N-]c1ccccc1.FC1C(F)(F)C(F)(F)C(F)(F)C(F)(F)C1(F)[N-]c1ccccc1.[CH2-]c1ccccc1.[CH2-]c1ccccc1.[Zr+4]. The first-order chi connectivity index (χ1) is 27.3. The van der Waals surface area contributed by atoms with Crippen LogP contribution in [0.4, 0.5) is 99.2 Å². The molecule has 4 unspecified atom stereocenters. The number of halogens is 20. The Kier molecular flexibility index (Phi) is 15.8. The topological polar surface area (TPSA) is 28.2 Å². The molecule has 0 aromatic heterocycles. The van der Waals surface area contributed by atoms with E-state index in [4.69, 9.17) is 0 Å². The van der Waals surface area contributed by atoms with E-state index < -0.39 is 82.7 Å². The molecule has 4 aromatic carbocycles. The van der Waals surface area contributed by atoms with Gasteiger partial charge >= 0.3 is 73.6 Å². The van der Waals surface area contributed by atoms with Crippen LogP contribution in [-0.4, -0.2) is 71.3 Å². The molecule has 6 rings (SSSR count). The van der Waals surface area contributed by atoms with Crippen molar-refractivity contribution in [3.8, 4) is 0 Å². The van der Waals surface area contributed by atoms with Crippen molar-refractivity contribution in [3.63, 3.8) is 0 Å². The Morgan fingerprint density at radius 2 is 0.541 bits per heavy atom. The van der Waals surface area contributed by atoms with Crippen molar-refractivity contribution in [3.05, 3.63) is 157 Å². The van der Waals surface area contributed by atoms with Crippen LogP contribution in [0.15, 0.2) is 121 Å². The number of hydrogen-bond acceptors (Lipinski definition) is 0. The van der Waals surface area contributed by atoms with Crippen molar-refractivity contribution in [1.29, 1.82) is 0 Å². The molecule has 332 valence electrons. The molecule has 0 radical (unpaired) electrons. The van der Waals surface area contributed by atoms with E-state index in [1.54, 1.807) is 0 Å². The third-order valence-corrected chi connectivity index (χ3v) is 8.39. The van der Waals surface area contributed by atoms with Gasteiger partial charge in [-0.15, -0.1) is 35.6 Å². The predicted molar refractivity (Wildman–Crippen MR) is 178 cm³/mol. The van der Waals surface area contributed by atoms with Crippen LogP contribution in [0, 0.1) is 13.8 Å². The Morgan fingerprint density at radius 3 is 0.738 bits per heavy atom. The van der Waals surface area contributed by atoms with Crippen molar-refractivity contribution in [2.24, 2.45) is 0 Å². The molecule has 0 amide bonds. The second kappa shape index (κ2) is 18.2. The average Bonchev–Trinajstić information content (AvgIpc) is 3.18. The molecular weight excluding hydrogens is 956 g/mol. The summed E-state index contributed by atoms with van der Waals surface area (Å²) >= 11 is 0. The molecule has 2 fully saturated rings. The van der Waals surface area contributed by atoms with Crippen molar-refractivity contribution in [2.45, 2.75) is 71.3 Å². The summed E-state index contributed by atoms with van der Waals surface area (Å²) in [4.78, 5) is 0. The number of nitrogens with zero attached hydrogens (tertiary/aromatic N) is 2. The van der Waals surface area contributed by atoms with Gasteiger partial charge < -0.3 is 10.6 Å². The molecule has 0 N–H and O–H groups in total. The van der Waals surface area contributed by atoms with Crippen LogP contribution in [0.25, 0.3) is 10.6 Å². The van der Waals surface area contributed by atoms with Crippen LogP contribution < -0.4 is 0 Å². The quantitative estimate of drug-likeness (QED) is 0.111. The molecule has 0 heterocycles. The smallest absolute Gasteiger partial charge is 0.645 e. The summed E-state index contributed by atoms with van der Waals surface area (Å²) in [6, 6.07) is 29.2. The van der Waals surface area contributed by atoms with Gasteiger partial charge in [-0.3, -0.25) is 8.78 Å². The maximum Gasteiger partial charge on any atom is 4.00 e. The molecule has 0 aliphatic heterocycles. The van der Waals surface area contributed by atoms with Crippen LogP contribution in [0.3, 0.4) is 0 Å². The third-order valence-electron chi connectivity index (χ3n) is 8.39. The van der Waals surface area contributed by atoms with Crippen LogP contribution in [0.5, 0.6) is 0 Å². The van der Waals surface area contributed by atoms with Gasteiger partial charge in [-0.25, -0.2) is 8.78 Å². The summed E-state index contributed by atoms with van der Waals surface area (Å²) in [6.45, 7) is 7.44. The van der Waals surface area contributed by atoms with Gasteiger partial charge in [-0.05, 0) is 0 Å². The van der Waals surface area contributed by atoms with Gasteiger partial charge in [-0.1, -0.05) is 72.8 Å². The van der Waals surface area contributed by atoms with Crippen LogP contribution >= 0.6 is 0 Å². The van der Waals surface area contributed by atoms with Gasteiger partial charge in [-0.2, -0.15) is 119 Å². The van der Waals surface area contributed by atoms with Crippen molar-refractivity contribution >= 4 is 11.4 Å². The average molecular weight is 982 g/mol. The van der Waals surface area contributed by atoms with Gasteiger partial charge in [0.25, 0.3) is 0 Å². The van der Waals surface area contributed by atoms with Crippen LogP contribution in [0.1, 0.15) is 11.1 Å². The zero-order chi connectivity index (χ0) is 46.0. The second-order valence-corrected chi connectivity index (χ2v) is 12.6. The molecule has 0 bridgehead atoms. The van der Waals surface area contributed by atoms with E-state index >= 15 is 0 Å². The summed E-state index contributed by atoms with van der Waals surface area (Å²) in [6.07, 6.45) is -10.0. The Balaban J connectivity index is 0.000000315. The fraction of sp³-hybridized carbons (Fsp3) is 0.316. The molecule has 2 saturated carbocycles. The minimum Gasteiger partial charge on any atom is -0.645 e. The molecule has 4 atom stereocenters. The van der Waals surface area contributed by atoms with Gasteiger partial charge in [0.05, 0.1) is 0 Å². The van der Waals surface area contributed by atoms with Crippen LogP contribution in [0.2, 0.25) is 0 Å². The molecular formula is C38H26F20N2Zr. The Bertz CT molecular complexity index is 1830. The molecule has 0 saturated heterocycles. The second-order valence-electron chi connectivity index (χ2n) is 12.6. The Hall–Kier alpha value is -4.30. The van der Waals surface area contributed by atoms with Crippen molar-refractivity contribution < 1.29 is 114 Å². The minimum absolute atomic E-state index is 0. The van der Waals surface area contributed by atoms with Gasteiger partial charge in [0.2, 0.25) is 0 Å². The van der Waals surface area contributed by atoms with Gasteiger partial charge in [0.15, 0.2) is 23.9 Å². The number of alkyl halides is 20. The molecule has 2 nitrogen and oxygen atoms in total. The Morgan fingerprint density at radius 1 is 0.328 bits per heavy atom. The van der Waals surface area contributed by atoms with E-state index in [0.29, 0.717) is 24.3 Å². The maximum absolute atomic E-state index is 14.2. The molecule has 0 spiro atoms. The van der Waals surface area contributed by atoms with E-state index in [1.165, 1.54) is 12.1 Å².